The van der Waals surface area contributed by atoms with Gasteiger partial charge in [0, 0.05) is 11.8 Å². The normalized spacial score (nSPS) is 23.9. The zero-order valence-electron chi connectivity index (χ0n) is 9.94. The van der Waals surface area contributed by atoms with E-state index in [1.807, 2.05) is 13.1 Å². The number of ether oxygens (including phenoxy) is 1. The summed E-state index contributed by atoms with van der Waals surface area (Å²) in [7, 11) is 1.99. The summed E-state index contributed by atoms with van der Waals surface area (Å²) in [5.74, 6) is 1.49. The van der Waals surface area contributed by atoms with Gasteiger partial charge in [0.2, 0.25) is 5.88 Å². The van der Waals surface area contributed by atoms with E-state index in [2.05, 4.69) is 22.2 Å². The van der Waals surface area contributed by atoms with Gasteiger partial charge in [-0.2, -0.15) is 0 Å². The second-order valence-corrected chi connectivity index (χ2v) is 4.34. The summed E-state index contributed by atoms with van der Waals surface area (Å²) in [5.41, 5.74) is 1.04. The molecular formula is C12H19N3O. The molecular weight excluding hydrogens is 202 g/mol. The highest BCUT2D eigenvalue weighted by molar-refractivity contribution is 5.14. The summed E-state index contributed by atoms with van der Waals surface area (Å²) >= 11 is 0. The van der Waals surface area contributed by atoms with Crippen LogP contribution in [0.1, 0.15) is 25.5 Å². The minimum atomic E-state index is 0.345. The van der Waals surface area contributed by atoms with Gasteiger partial charge >= 0.3 is 0 Å². The Labute approximate surface area is 96.4 Å². The molecule has 1 aliphatic carbocycles. The van der Waals surface area contributed by atoms with Crippen molar-refractivity contribution in [3.8, 4) is 5.88 Å². The Balaban J connectivity index is 1.82. The summed E-state index contributed by atoms with van der Waals surface area (Å²) < 4.78 is 5.79. The van der Waals surface area contributed by atoms with Crippen LogP contribution in [0.2, 0.25) is 0 Å². The summed E-state index contributed by atoms with van der Waals surface area (Å²) in [5, 5.41) is 3.19. The maximum Gasteiger partial charge on any atom is 0.216 e. The van der Waals surface area contributed by atoms with Crippen LogP contribution in [0.25, 0.3) is 0 Å². The number of nitrogens with one attached hydrogen (secondary N) is 1. The topological polar surface area (TPSA) is 47.0 Å². The van der Waals surface area contributed by atoms with E-state index in [0.717, 1.165) is 43.3 Å². The molecule has 0 radical (unpaired) electrons. The van der Waals surface area contributed by atoms with Crippen molar-refractivity contribution in [3.63, 3.8) is 0 Å². The molecule has 0 atom stereocenters. The molecule has 0 unspecified atom stereocenters. The molecule has 1 fully saturated rings. The van der Waals surface area contributed by atoms with E-state index >= 15 is 0 Å². The average molecular weight is 221 g/mol. The first-order chi connectivity index (χ1) is 7.81. The first-order valence-corrected chi connectivity index (χ1v) is 5.94. The van der Waals surface area contributed by atoms with Gasteiger partial charge < -0.3 is 10.1 Å². The predicted octanol–water partition coefficient (Wildman–Crippen LogP) is 1.42. The number of hydrogen-bond donors (Lipinski definition) is 1. The van der Waals surface area contributed by atoms with Gasteiger partial charge in [0.1, 0.15) is 12.4 Å². The Kier molecular flexibility index (Phi) is 3.72. The van der Waals surface area contributed by atoms with E-state index in [9.17, 15) is 0 Å². The molecule has 2 rings (SSSR count). The molecule has 1 N–H and O–H groups in total. The molecule has 1 heterocycles. The van der Waals surface area contributed by atoms with Crippen LogP contribution in [0.3, 0.4) is 0 Å². The standard InChI is InChI=1S/C12H19N3O/c1-3-10-6-12(15-8-14-10)16-11-4-9(5-11)7-13-2/h6,8-9,11,13H,3-5,7H2,1-2H3. The van der Waals surface area contributed by atoms with E-state index < -0.39 is 0 Å². The van der Waals surface area contributed by atoms with Crippen LogP contribution < -0.4 is 10.1 Å². The SMILES string of the molecule is CCc1cc(OC2CC(CNC)C2)ncn1. The molecule has 1 saturated carbocycles. The van der Waals surface area contributed by atoms with Crippen molar-refractivity contribution in [1.82, 2.24) is 15.3 Å². The maximum absolute atomic E-state index is 5.79. The largest absolute Gasteiger partial charge is 0.474 e. The molecule has 4 nitrogen and oxygen atoms in total. The second kappa shape index (κ2) is 5.25. The fourth-order valence-electron chi connectivity index (χ4n) is 2.03. The van der Waals surface area contributed by atoms with Gasteiger partial charge in [-0.1, -0.05) is 6.92 Å². The number of aryl methyl sites for hydroxylation is 1. The van der Waals surface area contributed by atoms with E-state index in [1.165, 1.54) is 0 Å². The van der Waals surface area contributed by atoms with Crippen molar-refractivity contribution in [3.05, 3.63) is 18.1 Å². The molecule has 1 aromatic heterocycles. The lowest BCUT2D eigenvalue weighted by molar-refractivity contribution is 0.0614. The summed E-state index contributed by atoms with van der Waals surface area (Å²) in [4.78, 5) is 8.28. The molecule has 0 amide bonds. The van der Waals surface area contributed by atoms with Gasteiger partial charge in [0.05, 0.1) is 0 Å². The molecule has 0 aromatic carbocycles. The highest BCUT2D eigenvalue weighted by Crippen LogP contribution is 2.30. The first-order valence-electron chi connectivity index (χ1n) is 5.94. The van der Waals surface area contributed by atoms with Crippen molar-refractivity contribution in [1.29, 1.82) is 0 Å². The highest BCUT2D eigenvalue weighted by atomic mass is 16.5. The number of hydrogen-bond acceptors (Lipinski definition) is 4. The molecule has 0 spiro atoms. The third kappa shape index (κ3) is 2.70. The Morgan fingerprint density at radius 1 is 1.44 bits per heavy atom. The zero-order chi connectivity index (χ0) is 11.4. The van der Waals surface area contributed by atoms with Gasteiger partial charge in [-0.05, 0) is 38.8 Å². The average Bonchev–Trinajstić information content (AvgIpc) is 2.27. The molecule has 88 valence electrons. The van der Waals surface area contributed by atoms with Gasteiger partial charge in [-0.25, -0.2) is 9.97 Å². The van der Waals surface area contributed by atoms with Gasteiger partial charge in [0.25, 0.3) is 0 Å². The predicted molar refractivity (Wildman–Crippen MR) is 62.5 cm³/mol. The summed E-state index contributed by atoms with van der Waals surface area (Å²) in [6.45, 7) is 3.17. The van der Waals surface area contributed by atoms with Crippen LogP contribution in [0.15, 0.2) is 12.4 Å². The van der Waals surface area contributed by atoms with Crippen LogP contribution in [-0.4, -0.2) is 29.7 Å². The third-order valence-electron chi connectivity index (χ3n) is 3.03. The Bertz CT molecular complexity index is 337. The summed E-state index contributed by atoms with van der Waals surface area (Å²) in [6.07, 6.45) is 5.11. The smallest absolute Gasteiger partial charge is 0.216 e. The first kappa shape index (κ1) is 11.3. The fourth-order valence-corrected chi connectivity index (χ4v) is 2.03. The molecule has 16 heavy (non-hydrogen) atoms. The van der Waals surface area contributed by atoms with Crippen LogP contribution in [0.5, 0.6) is 5.88 Å². The van der Waals surface area contributed by atoms with Crippen LogP contribution in [0, 0.1) is 5.92 Å². The van der Waals surface area contributed by atoms with E-state index in [0.29, 0.717) is 6.10 Å². The number of nitrogens with zero attached hydrogens (tertiary/aromatic N) is 2. The molecule has 0 bridgehead atoms. The summed E-state index contributed by atoms with van der Waals surface area (Å²) in [6, 6.07) is 1.94. The van der Waals surface area contributed by atoms with Crippen LogP contribution >= 0.6 is 0 Å². The van der Waals surface area contributed by atoms with Crippen LogP contribution in [-0.2, 0) is 6.42 Å². The minimum Gasteiger partial charge on any atom is -0.474 e. The Hall–Kier alpha value is -1.16. The van der Waals surface area contributed by atoms with E-state index in [1.54, 1.807) is 6.33 Å². The molecule has 4 heteroatoms. The van der Waals surface area contributed by atoms with Crippen molar-refractivity contribution in [2.45, 2.75) is 32.3 Å². The lowest BCUT2D eigenvalue weighted by Gasteiger charge is -2.34. The molecule has 1 aromatic rings. The van der Waals surface area contributed by atoms with Crippen molar-refractivity contribution in [2.75, 3.05) is 13.6 Å². The maximum atomic E-state index is 5.79. The van der Waals surface area contributed by atoms with E-state index in [-0.39, 0.29) is 0 Å². The Morgan fingerprint density at radius 2 is 2.25 bits per heavy atom. The Morgan fingerprint density at radius 3 is 2.94 bits per heavy atom. The number of rotatable bonds is 5. The highest BCUT2D eigenvalue weighted by Gasteiger charge is 2.30. The third-order valence-corrected chi connectivity index (χ3v) is 3.03. The lowest BCUT2D eigenvalue weighted by Crippen LogP contribution is -2.38. The number of aromatic nitrogens is 2. The van der Waals surface area contributed by atoms with Gasteiger partial charge in [-0.15, -0.1) is 0 Å². The molecule has 0 saturated heterocycles. The molecule has 0 aliphatic heterocycles. The minimum absolute atomic E-state index is 0.345. The fraction of sp³-hybridized carbons (Fsp3) is 0.667. The zero-order valence-corrected chi connectivity index (χ0v) is 9.94. The quantitative estimate of drug-likeness (QED) is 0.816. The van der Waals surface area contributed by atoms with Crippen molar-refractivity contribution < 1.29 is 4.74 Å². The van der Waals surface area contributed by atoms with E-state index in [4.69, 9.17) is 4.74 Å². The van der Waals surface area contributed by atoms with Gasteiger partial charge in [0.15, 0.2) is 0 Å². The second-order valence-electron chi connectivity index (χ2n) is 4.34. The van der Waals surface area contributed by atoms with Crippen LogP contribution in [0.4, 0.5) is 0 Å². The van der Waals surface area contributed by atoms with Gasteiger partial charge in [-0.3, -0.25) is 0 Å². The van der Waals surface area contributed by atoms with Crippen molar-refractivity contribution >= 4 is 0 Å². The lowest BCUT2D eigenvalue weighted by atomic mass is 9.82. The monoisotopic (exact) mass is 221 g/mol. The molecule has 1 aliphatic rings. The van der Waals surface area contributed by atoms with Crippen molar-refractivity contribution in [2.24, 2.45) is 5.92 Å².